The Kier molecular flexibility index (Phi) is 4.12. The molecule has 1 fully saturated rings. The molecular weight excluding hydrogens is 192 g/mol. The third-order valence-electron chi connectivity index (χ3n) is 3.20. The van der Waals surface area contributed by atoms with Gasteiger partial charge < -0.3 is 15.9 Å². The van der Waals surface area contributed by atoms with Crippen LogP contribution in [0.15, 0.2) is 0 Å². The van der Waals surface area contributed by atoms with Gasteiger partial charge in [-0.05, 0) is 18.4 Å². The van der Waals surface area contributed by atoms with Gasteiger partial charge in [-0.1, -0.05) is 20.8 Å². The van der Waals surface area contributed by atoms with Crippen LogP contribution in [0.3, 0.4) is 0 Å². The maximum Gasteiger partial charge on any atom is 0.0938 e. The second-order valence-corrected chi connectivity index (χ2v) is 5.66. The van der Waals surface area contributed by atoms with Gasteiger partial charge in [-0.3, -0.25) is 4.90 Å². The van der Waals surface area contributed by atoms with Crippen LogP contribution in [0.25, 0.3) is 0 Å². The minimum absolute atomic E-state index is 0.122. The minimum Gasteiger partial charge on any atom is -0.389 e. The molecule has 0 aromatic heterocycles. The topological polar surface area (TPSA) is 69.7 Å². The van der Waals surface area contributed by atoms with Crippen LogP contribution < -0.4 is 5.73 Å². The van der Waals surface area contributed by atoms with Crippen LogP contribution in [0.4, 0.5) is 0 Å². The fourth-order valence-corrected chi connectivity index (χ4v) is 1.78. The maximum atomic E-state index is 9.37. The monoisotopic (exact) mass is 216 g/mol. The molecule has 4 N–H and O–H groups in total. The van der Waals surface area contributed by atoms with Crippen LogP contribution in [-0.4, -0.2) is 53.0 Å². The van der Waals surface area contributed by atoms with Crippen molar-refractivity contribution in [3.8, 4) is 0 Å². The lowest BCUT2D eigenvalue weighted by Crippen LogP contribution is -2.38. The zero-order valence-electron chi connectivity index (χ0n) is 9.98. The van der Waals surface area contributed by atoms with Gasteiger partial charge in [0.05, 0.1) is 12.2 Å². The van der Waals surface area contributed by atoms with Crippen molar-refractivity contribution < 1.29 is 10.2 Å². The fraction of sp³-hybridized carbons (Fsp3) is 1.00. The van der Waals surface area contributed by atoms with E-state index in [9.17, 15) is 10.2 Å². The Labute approximate surface area is 92.1 Å². The van der Waals surface area contributed by atoms with Gasteiger partial charge in [-0.25, -0.2) is 0 Å². The van der Waals surface area contributed by atoms with Gasteiger partial charge in [0.1, 0.15) is 0 Å². The zero-order valence-corrected chi connectivity index (χ0v) is 9.98. The molecule has 90 valence electrons. The SMILES string of the molecule is CC(C)(C)C(N)CCN1CC(O)C(O)C1. The summed E-state index contributed by atoms with van der Waals surface area (Å²) in [5.41, 5.74) is 6.17. The fourth-order valence-electron chi connectivity index (χ4n) is 1.78. The van der Waals surface area contributed by atoms with E-state index in [1.807, 2.05) is 0 Å². The molecule has 15 heavy (non-hydrogen) atoms. The quantitative estimate of drug-likeness (QED) is 0.610. The molecule has 4 heteroatoms. The minimum atomic E-state index is -0.587. The Morgan fingerprint density at radius 2 is 1.73 bits per heavy atom. The molecule has 0 spiro atoms. The lowest BCUT2D eigenvalue weighted by Gasteiger charge is -2.28. The summed E-state index contributed by atoms with van der Waals surface area (Å²) in [7, 11) is 0. The average Bonchev–Trinajstić information content (AvgIpc) is 2.41. The Morgan fingerprint density at radius 3 is 2.13 bits per heavy atom. The first kappa shape index (κ1) is 12.9. The van der Waals surface area contributed by atoms with Crippen molar-refractivity contribution in [2.45, 2.75) is 45.4 Å². The second-order valence-electron chi connectivity index (χ2n) is 5.66. The first-order valence-corrected chi connectivity index (χ1v) is 5.65. The number of likely N-dealkylation sites (tertiary alicyclic amines) is 1. The molecule has 1 heterocycles. The molecule has 0 aromatic rings. The summed E-state index contributed by atoms with van der Waals surface area (Å²) >= 11 is 0. The number of rotatable bonds is 3. The van der Waals surface area contributed by atoms with Gasteiger partial charge in [-0.2, -0.15) is 0 Å². The molecule has 3 unspecified atom stereocenters. The van der Waals surface area contributed by atoms with Crippen molar-refractivity contribution in [1.29, 1.82) is 0 Å². The third-order valence-corrected chi connectivity index (χ3v) is 3.20. The Morgan fingerprint density at radius 1 is 1.27 bits per heavy atom. The molecule has 1 aliphatic rings. The molecule has 3 atom stereocenters. The predicted octanol–water partition coefficient (Wildman–Crippen LogP) is -0.213. The van der Waals surface area contributed by atoms with Crippen LogP contribution >= 0.6 is 0 Å². The first-order chi connectivity index (χ1) is 6.80. The van der Waals surface area contributed by atoms with E-state index < -0.39 is 12.2 Å². The maximum absolute atomic E-state index is 9.37. The number of nitrogens with two attached hydrogens (primary N) is 1. The molecule has 0 aromatic carbocycles. The Hall–Kier alpha value is -0.160. The lowest BCUT2D eigenvalue weighted by atomic mass is 9.85. The van der Waals surface area contributed by atoms with Crippen molar-refractivity contribution in [3.05, 3.63) is 0 Å². The molecule has 1 saturated heterocycles. The average molecular weight is 216 g/mol. The first-order valence-electron chi connectivity index (χ1n) is 5.65. The summed E-state index contributed by atoms with van der Waals surface area (Å²) in [6.45, 7) is 8.38. The Bertz CT molecular complexity index is 193. The molecule has 0 radical (unpaired) electrons. The number of hydrogen-bond acceptors (Lipinski definition) is 4. The summed E-state index contributed by atoms with van der Waals surface area (Å²) in [6, 6.07) is 0.160. The van der Waals surface area contributed by atoms with Crippen LogP contribution in [0.5, 0.6) is 0 Å². The van der Waals surface area contributed by atoms with Gasteiger partial charge >= 0.3 is 0 Å². The van der Waals surface area contributed by atoms with E-state index in [0.29, 0.717) is 13.1 Å². The van der Waals surface area contributed by atoms with Crippen LogP contribution in [0, 0.1) is 5.41 Å². The number of β-amino-alcohol motifs (C(OH)–C–C–N with tert-alkyl or cyclic N) is 2. The number of aliphatic hydroxyl groups is 2. The highest BCUT2D eigenvalue weighted by Gasteiger charge is 2.30. The summed E-state index contributed by atoms with van der Waals surface area (Å²) < 4.78 is 0. The molecule has 4 nitrogen and oxygen atoms in total. The lowest BCUT2D eigenvalue weighted by molar-refractivity contribution is 0.0572. The van der Waals surface area contributed by atoms with Gasteiger partial charge in [0.2, 0.25) is 0 Å². The van der Waals surface area contributed by atoms with Crippen LogP contribution in [-0.2, 0) is 0 Å². The van der Waals surface area contributed by atoms with Crippen molar-refractivity contribution in [1.82, 2.24) is 4.90 Å². The molecule has 0 bridgehead atoms. The summed E-state index contributed by atoms with van der Waals surface area (Å²) in [5, 5.41) is 18.7. The smallest absolute Gasteiger partial charge is 0.0938 e. The predicted molar refractivity (Wildman–Crippen MR) is 60.5 cm³/mol. The number of aliphatic hydroxyl groups excluding tert-OH is 2. The molecule has 1 aliphatic heterocycles. The third kappa shape index (κ3) is 3.72. The van der Waals surface area contributed by atoms with Crippen molar-refractivity contribution in [2.75, 3.05) is 19.6 Å². The largest absolute Gasteiger partial charge is 0.389 e. The van der Waals surface area contributed by atoms with E-state index in [2.05, 4.69) is 25.7 Å². The van der Waals surface area contributed by atoms with Gasteiger partial charge in [0.25, 0.3) is 0 Å². The van der Waals surface area contributed by atoms with Crippen molar-refractivity contribution >= 4 is 0 Å². The van der Waals surface area contributed by atoms with E-state index in [1.54, 1.807) is 0 Å². The van der Waals surface area contributed by atoms with E-state index in [0.717, 1.165) is 13.0 Å². The van der Waals surface area contributed by atoms with Gasteiger partial charge in [0.15, 0.2) is 0 Å². The van der Waals surface area contributed by atoms with Gasteiger partial charge in [0, 0.05) is 19.1 Å². The van der Waals surface area contributed by atoms with E-state index in [-0.39, 0.29) is 11.5 Å². The van der Waals surface area contributed by atoms with E-state index >= 15 is 0 Å². The van der Waals surface area contributed by atoms with Crippen molar-refractivity contribution in [3.63, 3.8) is 0 Å². The molecule has 1 rings (SSSR count). The Balaban J connectivity index is 2.27. The second kappa shape index (κ2) is 4.78. The van der Waals surface area contributed by atoms with Crippen molar-refractivity contribution in [2.24, 2.45) is 11.1 Å². The highest BCUT2D eigenvalue weighted by Crippen LogP contribution is 2.20. The molecule has 0 aliphatic carbocycles. The summed E-state index contributed by atoms with van der Waals surface area (Å²) in [4.78, 5) is 2.07. The summed E-state index contributed by atoms with van der Waals surface area (Å²) in [6.07, 6.45) is -0.269. The van der Waals surface area contributed by atoms with Gasteiger partial charge in [-0.15, -0.1) is 0 Å². The van der Waals surface area contributed by atoms with Crippen LogP contribution in [0.1, 0.15) is 27.2 Å². The molecule has 0 saturated carbocycles. The number of nitrogens with zero attached hydrogens (tertiary/aromatic N) is 1. The summed E-state index contributed by atoms with van der Waals surface area (Å²) in [5.74, 6) is 0. The highest BCUT2D eigenvalue weighted by atomic mass is 16.3. The zero-order chi connectivity index (χ0) is 11.6. The highest BCUT2D eigenvalue weighted by molar-refractivity contribution is 4.85. The standard InChI is InChI=1S/C11H24N2O2/c1-11(2,3)10(12)4-5-13-6-8(14)9(15)7-13/h8-10,14-15H,4-7,12H2,1-3H3. The van der Waals surface area contributed by atoms with E-state index in [4.69, 9.17) is 5.73 Å². The molecule has 0 amide bonds. The van der Waals surface area contributed by atoms with Crippen LogP contribution in [0.2, 0.25) is 0 Å². The normalized spacial score (nSPS) is 30.8. The number of hydrogen-bond donors (Lipinski definition) is 3. The van der Waals surface area contributed by atoms with E-state index in [1.165, 1.54) is 0 Å². The molecular formula is C11H24N2O2.